The van der Waals surface area contributed by atoms with E-state index in [-0.39, 0.29) is 25.0 Å². The molecule has 0 saturated heterocycles. The van der Waals surface area contributed by atoms with Crippen LogP contribution in [0.25, 0.3) is 0 Å². The molecule has 0 saturated carbocycles. The van der Waals surface area contributed by atoms with Gasteiger partial charge in [-0.25, -0.2) is 4.79 Å². The van der Waals surface area contributed by atoms with Crippen LogP contribution >= 0.6 is 0 Å². The van der Waals surface area contributed by atoms with Crippen molar-refractivity contribution in [2.45, 2.75) is 13.0 Å². The molecule has 2 amide bonds. The lowest BCUT2D eigenvalue weighted by molar-refractivity contribution is -0.149. The van der Waals surface area contributed by atoms with Crippen LogP contribution in [0.3, 0.4) is 0 Å². The number of fused-ring (bicyclic) bond motifs is 1. The zero-order chi connectivity index (χ0) is 14.0. The summed E-state index contributed by atoms with van der Waals surface area (Å²) in [7, 11) is 0. The van der Waals surface area contributed by atoms with E-state index in [2.05, 4.69) is 0 Å². The van der Waals surface area contributed by atoms with E-state index in [1.54, 1.807) is 24.3 Å². The first kappa shape index (κ1) is 13.2. The first-order chi connectivity index (χ1) is 9.02. The van der Waals surface area contributed by atoms with Gasteiger partial charge in [0.25, 0.3) is 11.8 Å². The van der Waals surface area contributed by atoms with Crippen LogP contribution in [-0.4, -0.2) is 47.0 Å². The van der Waals surface area contributed by atoms with E-state index >= 15 is 0 Å². The second kappa shape index (κ2) is 5.19. The zero-order valence-corrected chi connectivity index (χ0v) is 10.3. The number of carbonyl (C=O) groups is 3. The molecule has 6 nitrogen and oxygen atoms in total. The van der Waals surface area contributed by atoms with Gasteiger partial charge in [-0.2, -0.15) is 0 Å². The standard InChI is InChI=1S/C13H13NO5/c1-8(13(17)18)19-7-6-14-11(15)9-4-2-3-5-10(9)12(14)16/h2-5,8H,6-7H2,1H3,(H,17,18)/t8-/m1/s1. The summed E-state index contributed by atoms with van der Waals surface area (Å²) in [4.78, 5) is 35.5. The molecular formula is C13H13NO5. The number of carbonyl (C=O) groups excluding carboxylic acids is 2. The lowest BCUT2D eigenvalue weighted by Crippen LogP contribution is -2.34. The molecule has 6 heteroatoms. The second-order valence-corrected chi connectivity index (χ2v) is 4.16. The van der Waals surface area contributed by atoms with Gasteiger partial charge in [0.2, 0.25) is 0 Å². The molecule has 0 radical (unpaired) electrons. The lowest BCUT2D eigenvalue weighted by Gasteiger charge is -2.15. The van der Waals surface area contributed by atoms with Crippen molar-refractivity contribution in [3.63, 3.8) is 0 Å². The molecule has 0 unspecified atom stereocenters. The monoisotopic (exact) mass is 263 g/mol. The van der Waals surface area contributed by atoms with Crippen LogP contribution in [0.15, 0.2) is 24.3 Å². The van der Waals surface area contributed by atoms with Crippen LogP contribution in [0, 0.1) is 0 Å². The molecular weight excluding hydrogens is 250 g/mol. The third-order valence-corrected chi connectivity index (χ3v) is 2.91. The maximum Gasteiger partial charge on any atom is 0.332 e. The Morgan fingerprint density at radius 3 is 2.26 bits per heavy atom. The molecule has 1 aliphatic heterocycles. The third-order valence-electron chi connectivity index (χ3n) is 2.91. The predicted molar refractivity (Wildman–Crippen MR) is 64.9 cm³/mol. The van der Waals surface area contributed by atoms with Gasteiger partial charge >= 0.3 is 5.97 Å². The Morgan fingerprint density at radius 2 is 1.79 bits per heavy atom. The van der Waals surface area contributed by atoms with Crippen LogP contribution in [0.2, 0.25) is 0 Å². The number of carboxylic acid groups (broad SMARTS) is 1. The Balaban J connectivity index is 1.99. The number of imide groups is 1. The van der Waals surface area contributed by atoms with Crippen LogP contribution in [0.4, 0.5) is 0 Å². The fraction of sp³-hybridized carbons (Fsp3) is 0.308. The molecule has 100 valence electrons. The van der Waals surface area contributed by atoms with Crippen molar-refractivity contribution in [1.82, 2.24) is 4.90 Å². The van der Waals surface area contributed by atoms with Crippen molar-refractivity contribution >= 4 is 17.8 Å². The van der Waals surface area contributed by atoms with Crippen molar-refractivity contribution in [2.24, 2.45) is 0 Å². The van der Waals surface area contributed by atoms with Gasteiger partial charge in [-0.3, -0.25) is 14.5 Å². The maximum atomic E-state index is 11.9. The topological polar surface area (TPSA) is 83.9 Å². The largest absolute Gasteiger partial charge is 0.479 e. The average Bonchev–Trinajstić information content (AvgIpc) is 2.64. The van der Waals surface area contributed by atoms with Crippen LogP contribution in [0.5, 0.6) is 0 Å². The number of hydrogen-bond acceptors (Lipinski definition) is 4. The molecule has 0 fully saturated rings. The van der Waals surface area contributed by atoms with Gasteiger partial charge in [-0.15, -0.1) is 0 Å². The van der Waals surface area contributed by atoms with Crippen molar-refractivity contribution < 1.29 is 24.2 Å². The molecule has 1 aliphatic rings. The summed E-state index contributed by atoms with van der Waals surface area (Å²) in [5.74, 6) is -1.82. The van der Waals surface area contributed by atoms with Crippen LogP contribution in [0.1, 0.15) is 27.6 Å². The summed E-state index contributed by atoms with van der Waals surface area (Å²) >= 11 is 0. The average molecular weight is 263 g/mol. The fourth-order valence-corrected chi connectivity index (χ4v) is 1.83. The highest BCUT2D eigenvalue weighted by Gasteiger charge is 2.34. The zero-order valence-electron chi connectivity index (χ0n) is 10.3. The summed E-state index contributed by atoms with van der Waals surface area (Å²) in [5.41, 5.74) is 0.748. The number of rotatable bonds is 5. The van der Waals surface area contributed by atoms with E-state index in [1.165, 1.54) is 6.92 Å². The molecule has 0 aromatic heterocycles. The van der Waals surface area contributed by atoms with E-state index in [9.17, 15) is 14.4 Å². The highest BCUT2D eigenvalue weighted by Crippen LogP contribution is 2.21. The Labute approximate surface area is 109 Å². The molecule has 0 spiro atoms. The summed E-state index contributed by atoms with van der Waals surface area (Å²) in [5, 5.41) is 8.65. The van der Waals surface area contributed by atoms with Crippen LogP contribution in [-0.2, 0) is 9.53 Å². The molecule has 19 heavy (non-hydrogen) atoms. The van der Waals surface area contributed by atoms with Crippen molar-refractivity contribution in [3.8, 4) is 0 Å². The summed E-state index contributed by atoms with van der Waals surface area (Å²) < 4.78 is 5.02. The number of hydrogen-bond donors (Lipinski definition) is 1. The quantitative estimate of drug-likeness (QED) is 0.793. The Hall–Kier alpha value is -2.21. The molecule has 2 rings (SSSR count). The molecule has 1 heterocycles. The van der Waals surface area contributed by atoms with Gasteiger partial charge in [0.1, 0.15) is 0 Å². The second-order valence-electron chi connectivity index (χ2n) is 4.16. The van der Waals surface area contributed by atoms with Crippen LogP contribution < -0.4 is 0 Å². The highest BCUT2D eigenvalue weighted by molar-refractivity contribution is 6.21. The van der Waals surface area contributed by atoms with Gasteiger partial charge in [-0.05, 0) is 19.1 Å². The number of amides is 2. The van der Waals surface area contributed by atoms with Gasteiger partial charge in [-0.1, -0.05) is 12.1 Å². The Kier molecular flexibility index (Phi) is 3.62. The highest BCUT2D eigenvalue weighted by atomic mass is 16.5. The summed E-state index contributed by atoms with van der Waals surface area (Å²) in [6, 6.07) is 6.57. The smallest absolute Gasteiger partial charge is 0.332 e. The molecule has 0 bridgehead atoms. The third kappa shape index (κ3) is 2.48. The van der Waals surface area contributed by atoms with Gasteiger partial charge in [0.15, 0.2) is 6.10 Å². The number of nitrogens with zero attached hydrogens (tertiary/aromatic N) is 1. The molecule has 1 atom stereocenters. The molecule has 1 N–H and O–H groups in total. The van der Waals surface area contributed by atoms with E-state index in [4.69, 9.17) is 9.84 Å². The number of carboxylic acids is 1. The fourth-order valence-electron chi connectivity index (χ4n) is 1.83. The SMILES string of the molecule is C[C@@H](OCCN1C(=O)c2ccccc2C1=O)C(=O)O. The predicted octanol–water partition coefficient (Wildman–Crippen LogP) is 0.772. The van der Waals surface area contributed by atoms with Crippen molar-refractivity contribution in [2.75, 3.05) is 13.2 Å². The number of ether oxygens (including phenoxy) is 1. The van der Waals surface area contributed by atoms with Gasteiger partial charge in [0, 0.05) is 0 Å². The maximum absolute atomic E-state index is 11.9. The first-order valence-electron chi connectivity index (χ1n) is 5.82. The normalized spacial score (nSPS) is 15.5. The van der Waals surface area contributed by atoms with Gasteiger partial charge < -0.3 is 9.84 Å². The summed E-state index contributed by atoms with van der Waals surface area (Å²) in [6.07, 6.45) is -0.963. The molecule has 1 aromatic rings. The minimum Gasteiger partial charge on any atom is -0.479 e. The van der Waals surface area contributed by atoms with E-state index in [1.807, 2.05) is 0 Å². The molecule has 1 aromatic carbocycles. The number of benzene rings is 1. The van der Waals surface area contributed by atoms with E-state index < -0.39 is 12.1 Å². The first-order valence-corrected chi connectivity index (χ1v) is 5.82. The minimum absolute atomic E-state index is 0.00106. The lowest BCUT2D eigenvalue weighted by atomic mass is 10.1. The van der Waals surface area contributed by atoms with E-state index in [0.717, 1.165) is 4.90 Å². The molecule has 0 aliphatic carbocycles. The van der Waals surface area contributed by atoms with Gasteiger partial charge in [0.05, 0.1) is 24.3 Å². The van der Waals surface area contributed by atoms with E-state index in [0.29, 0.717) is 11.1 Å². The summed E-state index contributed by atoms with van der Waals surface area (Å²) in [6.45, 7) is 1.44. The Bertz CT molecular complexity index is 505. The minimum atomic E-state index is -1.08. The van der Waals surface area contributed by atoms with Crippen molar-refractivity contribution in [1.29, 1.82) is 0 Å². The van der Waals surface area contributed by atoms with Crippen molar-refractivity contribution in [3.05, 3.63) is 35.4 Å². The Morgan fingerprint density at radius 1 is 1.26 bits per heavy atom. The number of aliphatic carboxylic acids is 1.